The third-order valence-electron chi connectivity index (χ3n) is 1.78. The number of aldehydes is 1. The summed E-state index contributed by atoms with van der Waals surface area (Å²) in [6.45, 7) is 0. The van der Waals surface area contributed by atoms with Crippen LogP contribution in [0, 0.1) is 0 Å². The molecule has 1 aromatic rings. The van der Waals surface area contributed by atoms with Crippen molar-refractivity contribution in [2.75, 3.05) is 0 Å². The molecular weight excluding hydrogens is 214 g/mol. The van der Waals surface area contributed by atoms with Gasteiger partial charge in [-0.15, -0.1) is 0 Å². The van der Waals surface area contributed by atoms with Crippen molar-refractivity contribution in [3.63, 3.8) is 0 Å². The molecule has 2 N–H and O–H groups in total. The normalized spacial score (nSPS) is 10.5. The molecule has 78 valence electrons. The van der Waals surface area contributed by atoms with E-state index in [0.717, 1.165) is 5.56 Å². The van der Waals surface area contributed by atoms with Gasteiger partial charge in [0.2, 0.25) is 5.91 Å². The van der Waals surface area contributed by atoms with Crippen LogP contribution >= 0.6 is 11.6 Å². The van der Waals surface area contributed by atoms with E-state index in [0.29, 0.717) is 16.9 Å². The Kier molecular flexibility index (Phi) is 4.06. The minimum atomic E-state index is -0.393. The minimum Gasteiger partial charge on any atom is -0.369 e. The van der Waals surface area contributed by atoms with Crippen LogP contribution in [-0.4, -0.2) is 12.2 Å². The summed E-state index contributed by atoms with van der Waals surface area (Å²) in [5, 5.41) is 0.414. The fourth-order valence-corrected chi connectivity index (χ4v) is 1.23. The largest absolute Gasteiger partial charge is 0.369 e. The molecule has 0 spiro atoms. The van der Waals surface area contributed by atoms with Gasteiger partial charge in [0.05, 0.1) is 5.02 Å². The molecule has 15 heavy (non-hydrogen) atoms. The number of hydrogen-bond donors (Lipinski definition) is 1. The van der Waals surface area contributed by atoms with E-state index >= 15 is 0 Å². The van der Waals surface area contributed by atoms with Crippen molar-refractivity contribution in [2.45, 2.75) is 6.42 Å². The molecule has 0 atom stereocenters. The highest BCUT2D eigenvalue weighted by Crippen LogP contribution is 2.16. The van der Waals surface area contributed by atoms with E-state index in [4.69, 9.17) is 17.3 Å². The van der Waals surface area contributed by atoms with Crippen LogP contribution in [-0.2, 0) is 4.79 Å². The van der Waals surface area contributed by atoms with Crippen molar-refractivity contribution in [3.05, 3.63) is 40.4 Å². The second-order valence-corrected chi connectivity index (χ2v) is 3.38. The molecule has 0 radical (unpaired) electrons. The van der Waals surface area contributed by atoms with Crippen LogP contribution in [0.2, 0.25) is 5.02 Å². The Labute approximate surface area is 92.5 Å². The second-order valence-electron chi connectivity index (χ2n) is 2.97. The summed E-state index contributed by atoms with van der Waals surface area (Å²) in [6, 6.07) is 5.04. The smallest absolute Gasteiger partial charge is 0.221 e. The lowest BCUT2D eigenvalue weighted by Crippen LogP contribution is -2.07. The molecular formula is C11H10ClNO2. The van der Waals surface area contributed by atoms with Gasteiger partial charge in [-0.3, -0.25) is 9.59 Å². The van der Waals surface area contributed by atoms with Gasteiger partial charge in [0.1, 0.15) is 0 Å². The molecule has 1 rings (SSSR count). The molecule has 3 nitrogen and oxygen atoms in total. The number of halogens is 1. The predicted molar refractivity (Wildman–Crippen MR) is 59.7 cm³/mol. The van der Waals surface area contributed by atoms with Crippen LogP contribution in [0.25, 0.3) is 6.08 Å². The number of hydrogen-bond acceptors (Lipinski definition) is 2. The van der Waals surface area contributed by atoms with Crippen molar-refractivity contribution < 1.29 is 9.59 Å². The van der Waals surface area contributed by atoms with Crippen LogP contribution in [0.5, 0.6) is 0 Å². The van der Waals surface area contributed by atoms with E-state index in [1.165, 1.54) is 0 Å². The van der Waals surface area contributed by atoms with E-state index in [9.17, 15) is 9.59 Å². The van der Waals surface area contributed by atoms with Gasteiger partial charge in [-0.1, -0.05) is 29.8 Å². The maximum absolute atomic E-state index is 10.6. The topological polar surface area (TPSA) is 60.2 Å². The minimum absolute atomic E-state index is 0.180. The summed E-state index contributed by atoms with van der Waals surface area (Å²) in [4.78, 5) is 21.0. The average Bonchev–Trinajstić information content (AvgIpc) is 2.20. The Morgan fingerprint density at radius 3 is 2.80 bits per heavy atom. The van der Waals surface area contributed by atoms with Gasteiger partial charge in [0.15, 0.2) is 6.29 Å². The van der Waals surface area contributed by atoms with E-state index < -0.39 is 5.91 Å². The summed E-state index contributed by atoms with van der Waals surface area (Å²) in [7, 11) is 0. The third-order valence-corrected chi connectivity index (χ3v) is 2.12. The van der Waals surface area contributed by atoms with Gasteiger partial charge in [0.25, 0.3) is 0 Å². The molecule has 0 unspecified atom stereocenters. The molecule has 0 aromatic heterocycles. The molecule has 0 aliphatic carbocycles. The number of amides is 1. The van der Waals surface area contributed by atoms with Gasteiger partial charge in [-0.05, 0) is 17.7 Å². The molecule has 0 fully saturated rings. The number of nitrogens with two attached hydrogens (primary N) is 1. The fraction of sp³-hybridized carbons (Fsp3) is 0.0909. The van der Waals surface area contributed by atoms with Gasteiger partial charge in [0, 0.05) is 12.0 Å². The molecule has 0 bridgehead atoms. The highest BCUT2D eigenvalue weighted by Gasteiger charge is 1.98. The first-order valence-electron chi connectivity index (χ1n) is 4.33. The Morgan fingerprint density at radius 2 is 2.20 bits per heavy atom. The Balaban J connectivity index is 2.82. The first kappa shape index (κ1) is 11.5. The lowest BCUT2D eigenvalue weighted by Gasteiger charge is -1.97. The molecule has 0 aliphatic heterocycles. The maximum Gasteiger partial charge on any atom is 0.221 e. The SMILES string of the molecule is NC(=O)CC=Cc1ccc(Cl)c(C=O)c1. The quantitative estimate of drug-likeness (QED) is 0.794. The van der Waals surface area contributed by atoms with Crippen LogP contribution in [0.4, 0.5) is 0 Å². The number of carbonyl (C=O) groups is 2. The molecule has 0 saturated carbocycles. The molecule has 0 aliphatic rings. The molecule has 0 heterocycles. The van der Waals surface area contributed by atoms with E-state index in [1.54, 1.807) is 30.4 Å². The van der Waals surface area contributed by atoms with E-state index in [2.05, 4.69) is 0 Å². The summed E-state index contributed by atoms with van der Waals surface area (Å²) >= 11 is 5.75. The van der Waals surface area contributed by atoms with Crippen molar-refractivity contribution in [1.29, 1.82) is 0 Å². The zero-order chi connectivity index (χ0) is 11.3. The lowest BCUT2D eigenvalue weighted by molar-refractivity contribution is -0.117. The Morgan fingerprint density at radius 1 is 1.47 bits per heavy atom. The fourth-order valence-electron chi connectivity index (χ4n) is 1.07. The number of carbonyl (C=O) groups excluding carboxylic acids is 2. The number of rotatable bonds is 4. The van der Waals surface area contributed by atoms with Crippen LogP contribution in [0.1, 0.15) is 22.3 Å². The number of benzene rings is 1. The van der Waals surface area contributed by atoms with Crippen molar-refractivity contribution in [1.82, 2.24) is 0 Å². The lowest BCUT2D eigenvalue weighted by atomic mass is 10.1. The van der Waals surface area contributed by atoms with Crippen LogP contribution in [0.15, 0.2) is 24.3 Å². The van der Waals surface area contributed by atoms with Gasteiger partial charge in [-0.25, -0.2) is 0 Å². The van der Waals surface area contributed by atoms with Crippen molar-refractivity contribution in [2.24, 2.45) is 5.73 Å². The van der Waals surface area contributed by atoms with Gasteiger partial charge in [-0.2, -0.15) is 0 Å². The summed E-state index contributed by atoms with van der Waals surface area (Å²) in [5.41, 5.74) is 6.21. The maximum atomic E-state index is 10.6. The van der Waals surface area contributed by atoms with Crippen LogP contribution < -0.4 is 5.73 Å². The van der Waals surface area contributed by atoms with Crippen LogP contribution in [0.3, 0.4) is 0 Å². The van der Waals surface area contributed by atoms with Crippen molar-refractivity contribution in [3.8, 4) is 0 Å². The average molecular weight is 224 g/mol. The summed E-state index contributed by atoms with van der Waals surface area (Å²) < 4.78 is 0. The van der Waals surface area contributed by atoms with Gasteiger partial charge < -0.3 is 5.73 Å². The zero-order valence-corrected chi connectivity index (χ0v) is 8.70. The third kappa shape index (κ3) is 3.56. The van der Waals surface area contributed by atoms with Gasteiger partial charge >= 0.3 is 0 Å². The monoisotopic (exact) mass is 223 g/mol. The molecule has 1 amide bonds. The summed E-state index contributed by atoms with van der Waals surface area (Å²) in [5.74, 6) is -0.393. The Hall–Kier alpha value is -1.61. The standard InChI is InChI=1S/C11H10ClNO2/c12-10-5-4-8(6-9(10)7-14)2-1-3-11(13)15/h1-2,4-7H,3H2,(H2,13,15). The molecule has 0 saturated heterocycles. The second kappa shape index (κ2) is 5.32. The van der Waals surface area contributed by atoms with Crippen molar-refractivity contribution >= 4 is 29.9 Å². The zero-order valence-electron chi connectivity index (χ0n) is 7.94. The molecule has 1 aromatic carbocycles. The highest BCUT2D eigenvalue weighted by atomic mass is 35.5. The Bertz CT molecular complexity index is 413. The first-order valence-corrected chi connectivity index (χ1v) is 4.71. The molecule has 4 heteroatoms. The predicted octanol–water partition coefficient (Wildman–Crippen LogP) is 2.04. The van der Waals surface area contributed by atoms with E-state index in [-0.39, 0.29) is 6.42 Å². The van der Waals surface area contributed by atoms with E-state index in [1.807, 2.05) is 0 Å². The number of primary amides is 1. The first-order chi connectivity index (χ1) is 7.13. The summed E-state index contributed by atoms with van der Waals surface area (Å²) in [6.07, 6.45) is 4.22. The highest BCUT2D eigenvalue weighted by molar-refractivity contribution is 6.33.